The minimum atomic E-state index is -3.56. The molecule has 1 aromatic rings. The smallest absolute Gasteiger partial charge is 0.240 e. The molecule has 2 rings (SSSR count). The molecule has 0 saturated heterocycles. The molecule has 112 valence electrons. The van der Waals surface area contributed by atoms with Crippen LogP contribution in [0.15, 0.2) is 27.6 Å². The first-order valence-electron chi connectivity index (χ1n) is 6.55. The lowest BCUT2D eigenvalue weighted by Crippen LogP contribution is -2.49. The zero-order valence-electron chi connectivity index (χ0n) is 11.3. The summed E-state index contributed by atoms with van der Waals surface area (Å²) in [6.45, 7) is 0. The van der Waals surface area contributed by atoms with E-state index in [2.05, 4.69) is 20.7 Å². The summed E-state index contributed by atoms with van der Waals surface area (Å²) in [6, 6.07) is 4.39. The molecule has 20 heavy (non-hydrogen) atoms. The molecular formula is C13H19BrN2O3S. The number of hydrogen-bond donors (Lipinski definition) is 2. The van der Waals surface area contributed by atoms with Gasteiger partial charge in [-0.3, -0.25) is 0 Å². The van der Waals surface area contributed by atoms with Crippen molar-refractivity contribution in [2.45, 2.75) is 42.7 Å². The second-order valence-corrected chi connectivity index (χ2v) is 7.54. The van der Waals surface area contributed by atoms with E-state index in [9.17, 15) is 8.42 Å². The second-order valence-electron chi connectivity index (χ2n) is 4.97. The van der Waals surface area contributed by atoms with E-state index in [0.29, 0.717) is 10.2 Å². The largest absolute Gasteiger partial charge is 0.496 e. The van der Waals surface area contributed by atoms with Gasteiger partial charge in [0, 0.05) is 12.1 Å². The minimum Gasteiger partial charge on any atom is -0.496 e. The topological polar surface area (TPSA) is 81.4 Å². The maximum absolute atomic E-state index is 12.4. The lowest BCUT2D eigenvalue weighted by atomic mass is 9.92. The van der Waals surface area contributed by atoms with Crippen LogP contribution in [0.4, 0.5) is 0 Å². The van der Waals surface area contributed by atoms with E-state index in [1.807, 2.05) is 0 Å². The summed E-state index contributed by atoms with van der Waals surface area (Å²) in [5.41, 5.74) is 5.98. The lowest BCUT2D eigenvalue weighted by Gasteiger charge is -2.29. The lowest BCUT2D eigenvalue weighted by molar-refractivity contribution is 0.361. The normalized spacial score (nSPS) is 23.6. The summed E-state index contributed by atoms with van der Waals surface area (Å²) in [5, 5.41) is 0. The van der Waals surface area contributed by atoms with Gasteiger partial charge in [0.1, 0.15) is 5.75 Å². The first kappa shape index (κ1) is 15.8. The van der Waals surface area contributed by atoms with Crippen molar-refractivity contribution in [2.75, 3.05) is 7.11 Å². The Morgan fingerprint density at radius 2 is 2.05 bits per heavy atom. The van der Waals surface area contributed by atoms with Crippen LogP contribution in [0.5, 0.6) is 5.75 Å². The van der Waals surface area contributed by atoms with Crippen LogP contribution in [0.2, 0.25) is 0 Å². The quantitative estimate of drug-likeness (QED) is 0.858. The molecule has 1 aliphatic carbocycles. The van der Waals surface area contributed by atoms with Crippen molar-refractivity contribution in [3.05, 3.63) is 22.7 Å². The molecule has 1 saturated carbocycles. The molecule has 5 nitrogen and oxygen atoms in total. The average Bonchev–Trinajstić information content (AvgIpc) is 2.41. The third kappa shape index (κ3) is 3.52. The van der Waals surface area contributed by atoms with Crippen molar-refractivity contribution in [1.29, 1.82) is 0 Å². The maximum Gasteiger partial charge on any atom is 0.240 e. The molecular weight excluding hydrogens is 344 g/mol. The molecule has 2 atom stereocenters. The highest BCUT2D eigenvalue weighted by atomic mass is 79.9. The zero-order valence-corrected chi connectivity index (χ0v) is 13.7. The fraction of sp³-hybridized carbons (Fsp3) is 0.538. The van der Waals surface area contributed by atoms with Crippen LogP contribution in [0.1, 0.15) is 25.7 Å². The maximum atomic E-state index is 12.4. The van der Waals surface area contributed by atoms with Gasteiger partial charge in [0.05, 0.1) is 16.5 Å². The van der Waals surface area contributed by atoms with Crippen molar-refractivity contribution in [2.24, 2.45) is 5.73 Å². The Morgan fingerprint density at radius 1 is 1.35 bits per heavy atom. The van der Waals surface area contributed by atoms with Crippen molar-refractivity contribution in [3.63, 3.8) is 0 Å². The first-order chi connectivity index (χ1) is 9.44. The number of rotatable bonds is 4. The number of benzene rings is 1. The number of halogens is 1. The van der Waals surface area contributed by atoms with Crippen molar-refractivity contribution >= 4 is 26.0 Å². The Bertz CT molecular complexity index is 577. The van der Waals surface area contributed by atoms with Gasteiger partial charge in [0.2, 0.25) is 10.0 Å². The Hall–Kier alpha value is -0.630. The van der Waals surface area contributed by atoms with E-state index in [4.69, 9.17) is 10.5 Å². The highest BCUT2D eigenvalue weighted by molar-refractivity contribution is 9.10. The number of nitrogens with one attached hydrogen (secondary N) is 1. The van der Waals surface area contributed by atoms with Gasteiger partial charge < -0.3 is 10.5 Å². The Kier molecular flexibility index (Phi) is 5.06. The van der Waals surface area contributed by atoms with Crippen molar-refractivity contribution in [1.82, 2.24) is 4.72 Å². The number of hydrogen-bond acceptors (Lipinski definition) is 4. The van der Waals surface area contributed by atoms with Gasteiger partial charge in [0.15, 0.2) is 0 Å². The van der Waals surface area contributed by atoms with Gasteiger partial charge in [-0.1, -0.05) is 12.8 Å². The number of methoxy groups -OCH3 is 1. The fourth-order valence-electron chi connectivity index (χ4n) is 2.39. The van der Waals surface area contributed by atoms with Gasteiger partial charge in [-0.25, -0.2) is 13.1 Å². The molecule has 0 bridgehead atoms. The van der Waals surface area contributed by atoms with Crippen LogP contribution in [0.25, 0.3) is 0 Å². The summed E-state index contributed by atoms with van der Waals surface area (Å²) >= 11 is 3.29. The molecule has 0 aromatic heterocycles. The Balaban J connectivity index is 2.19. The molecule has 0 radical (unpaired) electrons. The van der Waals surface area contributed by atoms with E-state index >= 15 is 0 Å². The van der Waals surface area contributed by atoms with E-state index in [-0.39, 0.29) is 17.0 Å². The Morgan fingerprint density at radius 3 is 2.65 bits per heavy atom. The summed E-state index contributed by atoms with van der Waals surface area (Å²) in [5.74, 6) is 0.596. The van der Waals surface area contributed by atoms with E-state index < -0.39 is 10.0 Å². The predicted molar refractivity (Wildman–Crippen MR) is 81.2 cm³/mol. The summed E-state index contributed by atoms with van der Waals surface area (Å²) in [7, 11) is -2.02. The van der Waals surface area contributed by atoms with Crippen LogP contribution < -0.4 is 15.2 Å². The Labute approximate surface area is 128 Å². The van der Waals surface area contributed by atoms with E-state index in [1.54, 1.807) is 6.07 Å². The second kappa shape index (κ2) is 6.43. The summed E-state index contributed by atoms with van der Waals surface area (Å²) < 4.78 is 33.2. The van der Waals surface area contributed by atoms with Gasteiger partial charge in [-0.2, -0.15) is 0 Å². The highest BCUT2D eigenvalue weighted by Crippen LogP contribution is 2.28. The fourth-order valence-corrected chi connectivity index (χ4v) is 4.43. The standard InChI is InChI=1S/C13H19BrN2O3S/c1-19-13-7-6-9(8-10(13)14)20(17,18)16-12-5-3-2-4-11(12)15/h6-8,11-12,16H,2-5,15H2,1H3/t11-,12-/m1/s1. The highest BCUT2D eigenvalue weighted by Gasteiger charge is 2.27. The zero-order chi connectivity index (χ0) is 14.8. The average molecular weight is 363 g/mol. The van der Waals surface area contributed by atoms with Gasteiger partial charge in [-0.05, 0) is 47.0 Å². The number of nitrogens with two attached hydrogens (primary N) is 1. The molecule has 1 fully saturated rings. The predicted octanol–water partition coefficient (Wildman–Crippen LogP) is 2.01. The molecule has 1 aromatic carbocycles. The third-order valence-corrected chi connectivity index (χ3v) is 5.67. The SMILES string of the molecule is COc1ccc(S(=O)(=O)N[C@@H]2CCCC[C@H]2N)cc1Br. The van der Waals surface area contributed by atoms with Crippen molar-refractivity contribution < 1.29 is 13.2 Å². The van der Waals surface area contributed by atoms with Crippen LogP contribution >= 0.6 is 15.9 Å². The molecule has 3 N–H and O–H groups in total. The molecule has 0 heterocycles. The van der Waals surface area contributed by atoms with Gasteiger partial charge >= 0.3 is 0 Å². The van der Waals surface area contributed by atoms with Crippen LogP contribution in [-0.2, 0) is 10.0 Å². The molecule has 7 heteroatoms. The molecule has 0 aliphatic heterocycles. The van der Waals surface area contributed by atoms with Crippen LogP contribution in [0, 0.1) is 0 Å². The van der Waals surface area contributed by atoms with E-state index in [1.165, 1.54) is 19.2 Å². The molecule has 0 unspecified atom stereocenters. The monoisotopic (exact) mass is 362 g/mol. The summed E-state index contributed by atoms with van der Waals surface area (Å²) in [6.07, 6.45) is 3.72. The van der Waals surface area contributed by atoms with Crippen molar-refractivity contribution in [3.8, 4) is 5.75 Å². The van der Waals surface area contributed by atoms with Crippen LogP contribution in [0.3, 0.4) is 0 Å². The summed E-state index contributed by atoms with van der Waals surface area (Å²) in [4.78, 5) is 0.211. The molecule has 0 amide bonds. The van der Waals surface area contributed by atoms with Crippen LogP contribution in [-0.4, -0.2) is 27.6 Å². The third-order valence-electron chi connectivity index (χ3n) is 3.56. The molecule has 1 aliphatic rings. The van der Waals surface area contributed by atoms with Gasteiger partial charge in [-0.15, -0.1) is 0 Å². The number of ether oxygens (including phenoxy) is 1. The first-order valence-corrected chi connectivity index (χ1v) is 8.83. The van der Waals surface area contributed by atoms with Gasteiger partial charge in [0.25, 0.3) is 0 Å². The number of sulfonamides is 1. The van der Waals surface area contributed by atoms with E-state index in [0.717, 1.165) is 25.7 Å². The molecule has 0 spiro atoms. The minimum absolute atomic E-state index is 0.111.